The first-order valence-corrected chi connectivity index (χ1v) is 9.33. The standard InChI is InChI=1S/C24H17FO5/c1-2-28-24(27)21-19-14-18(29-23(26)16-8-10-17(25)11-9-16)12-13-20(19)30-22(21)15-6-4-3-5-7-15/h3-14H,2H2,1H3. The fourth-order valence-electron chi connectivity index (χ4n) is 3.09. The number of carbonyl (C=O) groups is 2. The fraction of sp³-hybridized carbons (Fsp3) is 0.0833. The maximum Gasteiger partial charge on any atom is 0.343 e. The van der Waals surface area contributed by atoms with Crippen molar-refractivity contribution in [3.8, 4) is 17.1 Å². The lowest BCUT2D eigenvalue weighted by molar-refractivity contribution is 0.0528. The quantitative estimate of drug-likeness (QED) is 0.318. The molecule has 0 unspecified atom stereocenters. The highest BCUT2D eigenvalue weighted by Crippen LogP contribution is 2.36. The summed E-state index contributed by atoms with van der Waals surface area (Å²) < 4.78 is 29.6. The van der Waals surface area contributed by atoms with E-state index < -0.39 is 17.8 Å². The van der Waals surface area contributed by atoms with E-state index in [4.69, 9.17) is 13.9 Å². The Labute approximate surface area is 171 Å². The molecule has 0 saturated carbocycles. The van der Waals surface area contributed by atoms with Crippen molar-refractivity contribution < 1.29 is 27.9 Å². The van der Waals surface area contributed by atoms with Crippen molar-refractivity contribution in [1.82, 2.24) is 0 Å². The van der Waals surface area contributed by atoms with Crippen molar-refractivity contribution in [3.05, 3.63) is 89.7 Å². The van der Waals surface area contributed by atoms with Gasteiger partial charge in [-0.2, -0.15) is 0 Å². The van der Waals surface area contributed by atoms with Gasteiger partial charge in [0.05, 0.1) is 12.2 Å². The number of halogens is 1. The molecule has 4 aromatic rings. The van der Waals surface area contributed by atoms with Crippen molar-refractivity contribution >= 4 is 22.9 Å². The number of fused-ring (bicyclic) bond motifs is 1. The predicted octanol–water partition coefficient (Wildman–Crippen LogP) is 5.63. The highest BCUT2D eigenvalue weighted by Gasteiger charge is 2.24. The lowest BCUT2D eigenvalue weighted by atomic mass is 10.1. The third-order valence-electron chi connectivity index (χ3n) is 4.47. The Morgan fingerprint density at radius 2 is 1.67 bits per heavy atom. The summed E-state index contributed by atoms with van der Waals surface area (Å²) >= 11 is 0. The largest absolute Gasteiger partial charge is 0.462 e. The van der Waals surface area contributed by atoms with Crippen molar-refractivity contribution in [2.45, 2.75) is 6.92 Å². The topological polar surface area (TPSA) is 65.7 Å². The molecule has 0 bridgehead atoms. The summed E-state index contributed by atoms with van der Waals surface area (Å²) in [6.07, 6.45) is 0. The molecule has 0 spiro atoms. The number of esters is 2. The van der Waals surface area contributed by atoms with Gasteiger partial charge in [-0.1, -0.05) is 30.3 Å². The molecule has 30 heavy (non-hydrogen) atoms. The Hall–Kier alpha value is -3.93. The number of hydrogen-bond donors (Lipinski definition) is 0. The van der Waals surface area contributed by atoms with E-state index >= 15 is 0 Å². The predicted molar refractivity (Wildman–Crippen MR) is 109 cm³/mol. The summed E-state index contributed by atoms with van der Waals surface area (Å²) in [6.45, 7) is 1.93. The summed E-state index contributed by atoms with van der Waals surface area (Å²) in [4.78, 5) is 25.0. The van der Waals surface area contributed by atoms with Crippen molar-refractivity contribution in [2.75, 3.05) is 6.61 Å². The van der Waals surface area contributed by atoms with Crippen LogP contribution in [0.15, 0.2) is 77.2 Å². The van der Waals surface area contributed by atoms with Gasteiger partial charge in [-0.15, -0.1) is 0 Å². The highest BCUT2D eigenvalue weighted by atomic mass is 19.1. The molecular formula is C24H17FO5. The Balaban J connectivity index is 1.75. The molecule has 0 amide bonds. The summed E-state index contributed by atoms with van der Waals surface area (Å²) in [7, 11) is 0. The molecule has 0 aliphatic heterocycles. The maximum absolute atomic E-state index is 13.1. The summed E-state index contributed by atoms with van der Waals surface area (Å²) in [5, 5.41) is 0.469. The van der Waals surface area contributed by atoms with Crippen LogP contribution in [-0.2, 0) is 4.74 Å². The molecule has 3 aromatic carbocycles. The smallest absolute Gasteiger partial charge is 0.343 e. The Morgan fingerprint density at radius 3 is 2.37 bits per heavy atom. The van der Waals surface area contributed by atoms with Crippen LogP contribution >= 0.6 is 0 Å². The normalized spacial score (nSPS) is 10.7. The SMILES string of the molecule is CCOC(=O)c1c(-c2ccccc2)oc2ccc(OC(=O)c3ccc(F)cc3)cc12. The highest BCUT2D eigenvalue weighted by molar-refractivity contribution is 6.09. The minimum atomic E-state index is -0.640. The Bertz CT molecular complexity index is 1210. The number of benzene rings is 3. The van der Waals surface area contributed by atoms with Crippen LogP contribution in [0.2, 0.25) is 0 Å². The molecule has 150 valence electrons. The third-order valence-corrected chi connectivity index (χ3v) is 4.47. The number of ether oxygens (including phenoxy) is 2. The summed E-state index contributed by atoms with van der Waals surface area (Å²) in [5.74, 6) is -1.01. The minimum absolute atomic E-state index is 0.207. The molecule has 1 aromatic heterocycles. The van der Waals surface area contributed by atoms with Crippen LogP contribution < -0.4 is 4.74 Å². The average molecular weight is 404 g/mol. The van der Waals surface area contributed by atoms with Crippen LogP contribution in [0.25, 0.3) is 22.3 Å². The van der Waals surface area contributed by atoms with E-state index in [1.54, 1.807) is 25.1 Å². The van der Waals surface area contributed by atoms with E-state index in [2.05, 4.69) is 0 Å². The molecule has 4 rings (SSSR count). The van der Waals surface area contributed by atoms with Gasteiger partial charge in [0.25, 0.3) is 0 Å². The van der Waals surface area contributed by atoms with Crippen LogP contribution in [-0.4, -0.2) is 18.5 Å². The Kier molecular flexibility index (Phi) is 5.30. The number of rotatable bonds is 5. The van der Waals surface area contributed by atoms with Gasteiger partial charge in [0.2, 0.25) is 0 Å². The maximum atomic E-state index is 13.1. The lowest BCUT2D eigenvalue weighted by Crippen LogP contribution is -2.08. The van der Waals surface area contributed by atoms with E-state index in [1.165, 1.54) is 24.3 Å². The monoisotopic (exact) mass is 404 g/mol. The molecule has 0 atom stereocenters. The first-order chi connectivity index (χ1) is 14.6. The second-order valence-corrected chi connectivity index (χ2v) is 6.45. The number of hydrogen-bond acceptors (Lipinski definition) is 5. The number of furan rings is 1. The average Bonchev–Trinajstić information content (AvgIpc) is 3.14. The van der Waals surface area contributed by atoms with E-state index in [0.29, 0.717) is 16.7 Å². The van der Waals surface area contributed by atoms with Gasteiger partial charge in [-0.05, 0) is 49.4 Å². The third kappa shape index (κ3) is 3.80. The van der Waals surface area contributed by atoms with Crippen LogP contribution in [0.3, 0.4) is 0 Å². The molecule has 0 aliphatic carbocycles. The molecule has 6 heteroatoms. The second kappa shape index (κ2) is 8.21. The van der Waals surface area contributed by atoms with Gasteiger partial charge >= 0.3 is 11.9 Å². The molecule has 0 radical (unpaired) electrons. The summed E-state index contributed by atoms with van der Waals surface area (Å²) in [5.41, 5.74) is 1.65. The summed E-state index contributed by atoms with van der Waals surface area (Å²) in [6, 6.07) is 19.0. The van der Waals surface area contributed by atoms with Crippen LogP contribution in [0, 0.1) is 5.82 Å². The second-order valence-electron chi connectivity index (χ2n) is 6.45. The zero-order valence-corrected chi connectivity index (χ0v) is 16.1. The minimum Gasteiger partial charge on any atom is -0.462 e. The van der Waals surface area contributed by atoms with Crippen molar-refractivity contribution in [3.63, 3.8) is 0 Å². The molecule has 1 heterocycles. The van der Waals surface area contributed by atoms with E-state index in [-0.39, 0.29) is 23.5 Å². The van der Waals surface area contributed by atoms with Gasteiger partial charge in [-0.25, -0.2) is 14.0 Å². The van der Waals surface area contributed by atoms with Crippen molar-refractivity contribution in [1.29, 1.82) is 0 Å². The van der Waals surface area contributed by atoms with Crippen LogP contribution in [0.4, 0.5) is 4.39 Å². The first kappa shape index (κ1) is 19.4. The lowest BCUT2D eigenvalue weighted by Gasteiger charge is -2.05. The van der Waals surface area contributed by atoms with E-state index in [1.807, 2.05) is 30.3 Å². The molecule has 5 nitrogen and oxygen atoms in total. The zero-order chi connectivity index (χ0) is 21.1. The van der Waals surface area contributed by atoms with Gasteiger partial charge < -0.3 is 13.9 Å². The van der Waals surface area contributed by atoms with Crippen LogP contribution in [0.1, 0.15) is 27.6 Å². The Morgan fingerprint density at radius 1 is 0.933 bits per heavy atom. The first-order valence-electron chi connectivity index (χ1n) is 9.33. The zero-order valence-electron chi connectivity index (χ0n) is 16.1. The van der Waals surface area contributed by atoms with Crippen LogP contribution in [0.5, 0.6) is 5.75 Å². The number of carbonyl (C=O) groups excluding carboxylic acids is 2. The van der Waals surface area contributed by atoms with Crippen molar-refractivity contribution in [2.24, 2.45) is 0 Å². The van der Waals surface area contributed by atoms with Gasteiger partial charge in [0, 0.05) is 10.9 Å². The molecule has 0 fully saturated rings. The van der Waals surface area contributed by atoms with Gasteiger partial charge in [0.1, 0.15) is 28.5 Å². The molecule has 0 N–H and O–H groups in total. The van der Waals surface area contributed by atoms with E-state index in [9.17, 15) is 14.0 Å². The van der Waals surface area contributed by atoms with E-state index in [0.717, 1.165) is 5.56 Å². The van der Waals surface area contributed by atoms with Gasteiger partial charge in [-0.3, -0.25) is 0 Å². The molecular weight excluding hydrogens is 387 g/mol. The fourth-order valence-corrected chi connectivity index (χ4v) is 3.09. The molecule has 0 aliphatic rings. The molecule has 0 saturated heterocycles. The van der Waals surface area contributed by atoms with Gasteiger partial charge in [0.15, 0.2) is 0 Å².